The molecule has 2 aromatic rings. The van der Waals surface area contributed by atoms with Crippen LogP contribution < -0.4 is 24.8 Å². The number of alkyl halides is 2. The lowest BCUT2D eigenvalue weighted by molar-refractivity contribution is -0.114. The molecule has 0 saturated carbocycles. The molecule has 0 atom stereocenters. The first-order valence-corrected chi connectivity index (χ1v) is 7.92. The summed E-state index contributed by atoms with van der Waals surface area (Å²) in [7, 11) is 1.35. The minimum Gasteiger partial charge on any atom is -0.493 e. The minimum absolute atomic E-state index is 0.0685. The molecule has 2 aromatic carbocycles. The van der Waals surface area contributed by atoms with Crippen molar-refractivity contribution in [1.29, 1.82) is 0 Å². The number of ether oxygens (including phenoxy) is 3. The van der Waals surface area contributed by atoms with Crippen molar-refractivity contribution in [3.63, 3.8) is 0 Å². The Hall–Kier alpha value is -3.03. The van der Waals surface area contributed by atoms with E-state index < -0.39 is 6.61 Å². The number of anilines is 2. The van der Waals surface area contributed by atoms with E-state index in [1.165, 1.54) is 19.2 Å². The maximum Gasteiger partial charge on any atom is 0.387 e. The van der Waals surface area contributed by atoms with Gasteiger partial charge < -0.3 is 24.8 Å². The largest absolute Gasteiger partial charge is 0.493 e. The summed E-state index contributed by atoms with van der Waals surface area (Å²) in [6.07, 6.45) is 0. The normalized spacial score (nSPS) is 10.3. The molecule has 0 bridgehead atoms. The molecule has 8 heteroatoms. The van der Waals surface area contributed by atoms with Gasteiger partial charge in [0.2, 0.25) is 5.91 Å². The molecule has 0 heterocycles. The first kappa shape index (κ1) is 19.3. The molecule has 0 aliphatic carbocycles. The third-order valence-electron chi connectivity index (χ3n) is 3.29. The third kappa shape index (κ3) is 5.51. The van der Waals surface area contributed by atoms with Gasteiger partial charge in [-0.1, -0.05) is 12.1 Å². The number of amides is 1. The van der Waals surface area contributed by atoms with Crippen LogP contribution in [0, 0.1) is 0 Å². The molecule has 140 valence electrons. The summed E-state index contributed by atoms with van der Waals surface area (Å²) in [5, 5.41) is 5.58. The van der Waals surface area contributed by atoms with Crippen LogP contribution in [0.15, 0.2) is 42.5 Å². The number of methoxy groups -OCH3 is 1. The molecule has 0 fully saturated rings. The van der Waals surface area contributed by atoms with E-state index in [-0.39, 0.29) is 24.0 Å². The fraction of sp³-hybridized carbons (Fsp3) is 0.278. The van der Waals surface area contributed by atoms with Crippen LogP contribution in [0.1, 0.15) is 6.92 Å². The molecule has 2 N–H and O–H groups in total. The lowest BCUT2D eigenvalue weighted by atomic mass is 10.2. The van der Waals surface area contributed by atoms with Crippen LogP contribution in [0.5, 0.6) is 17.2 Å². The highest BCUT2D eigenvalue weighted by Gasteiger charge is 2.12. The molecular formula is C18H20F2N2O4. The van der Waals surface area contributed by atoms with Crippen molar-refractivity contribution in [2.24, 2.45) is 0 Å². The van der Waals surface area contributed by atoms with E-state index in [2.05, 4.69) is 15.4 Å². The Bertz CT molecular complexity index is 741. The molecular weight excluding hydrogens is 346 g/mol. The zero-order valence-electron chi connectivity index (χ0n) is 14.4. The Kier molecular flexibility index (Phi) is 7.02. The lowest BCUT2D eigenvalue weighted by Gasteiger charge is -2.14. The number of hydrogen-bond donors (Lipinski definition) is 2. The van der Waals surface area contributed by atoms with Crippen molar-refractivity contribution in [3.05, 3.63) is 42.5 Å². The summed E-state index contributed by atoms with van der Waals surface area (Å²) in [4.78, 5) is 12.1. The Morgan fingerprint density at radius 1 is 1.12 bits per heavy atom. The molecule has 0 aliphatic rings. The first-order valence-electron chi connectivity index (χ1n) is 7.92. The van der Waals surface area contributed by atoms with Gasteiger partial charge in [0.15, 0.2) is 11.5 Å². The molecule has 2 rings (SSSR count). The van der Waals surface area contributed by atoms with Crippen molar-refractivity contribution in [3.8, 4) is 17.2 Å². The van der Waals surface area contributed by atoms with Crippen LogP contribution in [-0.2, 0) is 4.79 Å². The molecule has 0 aromatic heterocycles. The van der Waals surface area contributed by atoms with Crippen molar-refractivity contribution >= 4 is 17.3 Å². The monoisotopic (exact) mass is 366 g/mol. The lowest BCUT2D eigenvalue weighted by Crippen LogP contribution is -2.22. The predicted octanol–water partition coefficient (Wildman–Crippen LogP) is 3.75. The second-order valence-corrected chi connectivity index (χ2v) is 5.08. The van der Waals surface area contributed by atoms with Gasteiger partial charge >= 0.3 is 6.61 Å². The first-order chi connectivity index (χ1) is 12.5. The highest BCUT2D eigenvalue weighted by molar-refractivity contribution is 5.95. The zero-order chi connectivity index (χ0) is 18.9. The fourth-order valence-electron chi connectivity index (χ4n) is 2.20. The average Bonchev–Trinajstić information content (AvgIpc) is 2.61. The van der Waals surface area contributed by atoms with Crippen LogP contribution in [-0.4, -0.2) is 32.8 Å². The third-order valence-corrected chi connectivity index (χ3v) is 3.29. The van der Waals surface area contributed by atoms with Gasteiger partial charge in [0.25, 0.3) is 0 Å². The minimum atomic E-state index is -2.97. The molecule has 0 aliphatic heterocycles. The van der Waals surface area contributed by atoms with Crippen molar-refractivity contribution in [2.75, 3.05) is 30.9 Å². The summed E-state index contributed by atoms with van der Waals surface area (Å²) >= 11 is 0. The number of para-hydroxylation sites is 2. The maximum atomic E-state index is 12.5. The van der Waals surface area contributed by atoms with Gasteiger partial charge in [-0.15, -0.1) is 0 Å². The van der Waals surface area contributed by atoms with Crippen molar-refractivity contribution in [1.82, 2.24) is 0 Å². The van der Waals surface area contributed by atoms with Crippen LogP contribution in [0.25, 0.3) is 0 Å². The SMILES string of the molecule is CCOc1ccccc1NC(=O)CNc1ccc(OC)c(OC(F)F)c1. The van der Waals surface area contributed by atoms with Crippen LogP contribution in [0.4, 0.5) is 20.2 Å². The van der Waals surface area contributed by atoms with E-state index in [0.717, 1.165) is 0 Å². The van der Waals surface area contributed by atoms with E-state index in [4.69, 9.17) is 9.47 Å². The molecule has 0 unspecified atom stereocenters. The summed E-state index contributed by atoms with van der Waals surface area (Å²) < 4.78 is 39.7. The molecule has 0 spiro atoms. The Labute approximate surface area is 150 Å². The van der Waals surface area contributed by atoms with Crippen LogP contribution in [0.3, 0.4) is 0 Å². The van der Waals surface area contributed by atoms with Gasteiger partial charge in [-0.2, -0.15) is 8.78 Å². The number of nitrogens with one attached hydrogen (secondary N) is 2. The number of carbonyl (C=O) groups is 1. The second kappa shape index (κ2) is 9.45. The van der Waals surface area contributed by atoms with Crippen molar-refractivity contribution < 1.29 is 27.8 Å². The van der Waals surface area contributed by atoms with E-state index >= 15 is 0 Å². The fourth-order valence-corrected chi connectivity index (χ4v) is 2.20. The smallest absolute Gasteiger partial charge is 0.387 e. The number of hydrogen-bond acceptors (Lipinski definition) is 5. The summed E-state index contributed by atoms with van der Waals surface area (Å²) in [5.41, 5.74) is 0.993. The van der Waals surface area contributed by atoms with E-state index in [9.17, 15) is 13.6 Å². The number of rotatable bonds is 9. The van der Waals surface area contributed by atoms with Gasteiger partial charge in [0.05, 0.1) is 25.9 Å². The number of halogens is 2. The van der Waals surface area contributed by atoms with E-state index in [1.54, 1.807) is 30.3 Å². The molecule has 0 radical (unpaired) electrons. The summed E-state index contributed by atoms with van der Waals surface area (Å²) in [5.74, 6) is 0.310. The highest BCUT2D eigenvalue weighted by Crippen LogP contribution is 2.31. The van der Waals surface area contributed by atoms with Gasteiger partial charge in [-0.05, 0) is 31.2 Å². The average molecular weight is 366 g/mol. The quantitative estimate of drug-likeness (QED) is 0.707. The van der Waals surface area contributed by atoms with Crippen molar-refractivity contribution in [2.45, 2.75) is 13.5 Å². The Morgan fingerprint density at radius 2 is 1.88 bits per heavy atom. The Morgan fingerprint density at radius 3 is 2.58 bits per heavy atom. The van der Waals surface area contributed by atoms with E-state index in [0.29, 0.717) is 23.7 Å². The topological polar surface area (TPSA) is 68.8 Å². The van der Waals surface area contributed by atoms with Gasteiger partial charge in [-0.3, -0.25) is 4.79 Å². The number of benzene rings is 2. The summed E-state index contributed by atoms with van der Waals surface area (Å²) in [6.45, 7) is -0.717. The van der Waals surface area contributed by atoms with Crippen LogP contribution >= 0.6 is 0 Å². The molecule has 6 nitrogen and oxygen atoms in total. The van der Waals surface area contributed by atoms with Gasteiger partial charge in [0, 0.05) is 11.8 Å². The molecule has 0 saturated heterocycles. The van der Waals surface area contributed by atoms with Gasteiger partial charge in [-0.25, -0.2) is 0 Å². The summed E-state index contributed by atoms with van der Waals surface area (Å²) in [6, 6.07) is 11.5. The van der Waals surface area contributed by atoms with Gasteiger partial charge in [0.1, 0.15) is 5.75 Å². The van der Waals surface area contributed by atoms with Crippen LogP contribution in [0.2, 0.25) is 0 Å². The highest BCUT2D eigenvalue weighted by atomic mass is 19.3. The molecule has 1 amide bonds. The zero-order valence-corrected chi connectivity index (χ0v) is 14.4. The Balaban J connectivity index is 1.99. The predicted molar refractivity (Wildman–Crippen MR) is 94.4 cm³/mol. The molecule has 26 heavy (non-hydrogen) atoms. The number of carbonyl (C=O) groups excluding carboxylic acids is 1. The standard InChI is InChI=1S/C18H20F2N2O4/c1-3-25-14-7-5-4-6-13(14)22-17(23)11-21-12-8-9-15(24-2)16(10-12)26-18(19)20/h4-10,18,21H,3,11H2,1-2H3,(H,22,23). The maximum absolute atomic E-state index is 12.5. The second-order valence-electron chi connectivity index (χ2n) is 5.08. The van der Waals surface area contributed by atoms with E-state index in [1.807, 2.05) is 6.92 Å².